The molecule has 4 N–H and O–H groups in total. The Hall–Kier alpha value is -3.24. The van der Waals surface area contributed by atoms with Crippen molar-refractivity contribution in [2.45, 2.75) is 175 Å². The lowest BCUT2D eigenvalue weighted by Crippen LogP contribution is -2.61. The number of nitrogens with zero attached hydrogens (tertiary/aromatic N) is 3. The number of amides is 6. The number of nitrogens with one attached hydrogen (secondary N) is 3. The smallest absolute Gasteiger partial charge is 0.426 e. The molecule has 0 aromatic rings. The Balaban J connectivity index is 3.15. The highest BCUT2D eigenvalue weighted by Gasteiger charge is 2.44. The van der Waals surface area contributed by atoms with Gasteiger partial charge in [0.15, 0.2) is 8.32 Å². The fourth-order valence-electron chi connectivity index (χ4n) is 6.92. The molecule has 1 fully saturated rings. The van der Waals surface area contributed by atoms with E-state index < -0.39 is 85.4 Å². The summed E-state index contributed by atoms with van der Waals surface area (Å²) in [5.41, 5.74) is 2.92. The molecule has 6 atom stereocenters. The van der Waals surface area contributed by atoms with Crippen molar-refractivity contribution >= 4 is 43.9 Å². The normalized spacial score (nSPS) is 17.9. The number of hydrazine groups is 1. The zero-order chi connectivity index (χ0) is 41.9. The molecule has 0 saturated carbocycles. The van der Waals surface area contributed by atoms with Crippen LogP contribution in [0.5, 0.6) is 0 Å². The van der Waals surface area contributed by atoms with Gasteiger partial charge in [-0.2, -0.15) is 0 Å². The molecule has 1 aliphatic heterocycles. The molecular formula is C38H72N6O9Si. The molecule has 312 valence electrons. The summed E-state index contributed by atoms with van der Waals surface area (Å²) in [5, 5.41) is 14.0. The minimum Gasteiger partial charge on any atom is -0.443 e. The summed E-state index contributed by atoms with van der Waals surface area (Å²) in [7, 11) is 0.909. The standard InChI is InChI=1S/C38H72N6O9Si/c1-16-25(7)29(34(49)43(15)30(24(5)6)35(50)42(14)26(8)31(46)40-41-36(51)52-37(9,10)11)39-32(47)27-21-20-22-44(27)33(48)28(45)23-38(12,13)53-54(17-2,18-3)19-4/h24-30,45H,16-23H2,1-15H3,(H,39,47)(H,40,46)(H,41,51)/t25-,26-,27-,28+,29-,30-/m0/s1. The molecule has 15 nitrogen and oxygen atoms in total. The van der Waals surface area contributed by atoms with Gasteiger partial charge in [0.05, 0.1) is 5.60 Å². The van der Waals surface area contributed by atoms with Gasteiger partial charge in [0.25, 0.3) is 11.8 Å². The molecule has 0 aromatic heterocycles. The number of hydrogen-bond acceptors (Lipinski definition) is 9. The van der Waals surface area contributed by atoms with E-state index in [0.717, 1.165) is 18.1 Å². The van der Waals surface area contributed by atoms with E-state index in [0.29, 0.717) is 25.8 Å². The van der Waals surface area contributed by atoms with Crippen LogP contribution in [0.1, 0.15) is 116 Å². The van der Waals surface area contributed by atoms with Gasteiger partial charge in [-0.3, -0.25) is 29.4 Å². The van der Waals surface area contributed by atoms with Crippen LogP contribution in [-0.2, 0) is 33.1 Å². The average Bonchev–Trinajstić information content (AvgIpc) is 3.59. The van der Waals surface area contributed by atoms with Gasteiger partial charge in [-0.15, -0.1) is 0 Å². The maximum atomic E-state index is 14.2. The molecule has 16 heteroatoms. The van der Waals surface area contributed by atoms with Crippen molar-refractivity contribution in [3.63, 3.8) is 0 Å². The number of carbonyl (C=O) groups excluding carboxylic acids is 6. The van der Waals surface area contributed by atoms with E-state index in [1.165, 1.54) is 35.7 Å². The van der Waals surface area contributed by atoms with Crippen LogP contribution < -0.4 is 16.2 Å². The van der Waals surface area contributed by atoms with E-state index in [-0.39, 0.29) is 18.3 Å². The predicted octanol–water partition coefficient (Wildman–Crippen LogP) is 3.95. The topological polar surface area (TPSA) is 187 Å². The largest absolute Gasteiger partial charge is 0.443 e. The lowest BCUT2D eigenvalue weighted by Gasteiger charge is -2.39. The van der Waals surface area contributed by atoms with Gasteiger partial charge in [0.1, 0.15) is 35.9 Å². The minimum atomic E-state index is -2.02. The Labute approximate surface area is 325 Å². The van der Waals surface area contributed by atoms with E-state index in [1.807, 2.05) is 27.7 Å². The molecule has 0 unspecified atom stereocenters. The van der Waals surface area contributed by atoms with Gasteiger partial charge >= 0.3 is 6.09 Å². The first-order chi connectivity index (χ1) is 24.8. The number of likely N-dealkylation sites (tertiary alicyclic amines) is 1. The number of hydrogen-bond donors (Lipinski definition) is 4. The minimum absolute atomic E-state index is 0.0871. The summed E-state index contributed by atoms with van der Waals surface area (Å²) in [6.45, 7) is 24.2. The van der Waals surface area contributed by atoms with E-state index in [1.54, 1.807) is 34.6 Å². The molecule has 0 radical (unpaired) electrons. The van der Waals surface area contributed by atoms with Gasteiger partial charge in [0.2, 0.25) is 17.7 Å². The summed E-state index contributed by atoms with van der Waals surface area (Å²) >= 11 is 0. The van der Waals surface area contributed by atoms with Crippen molar-refractivity contribution in [1.29, 1.82) is 0 Å². The fraction of sp³-hybridized carbons (Fsp3) is 0.842. The Morgan fingerprint density at radius 1 is 0.870 bits per heavy atom. The Morgan fingerprint density at radius 3 is 1.91 bits per heavy atom. The van der Waals surface area contributed by atoms with Gasteiger partial charge < -0.3 is 34.3 Å². The SMILES string of the molecule is CC[C@H](C)[C@H](NC(=O)[C@@H]1CCCN1C(=O)[C@H](O)CC(C)(C)O[Si](CC)(CC)CC)C(=O)N(C)[C@H](C(=O)N(C)[C@@H](C)C(=O)NNC(=O)OC(C)(C)C)C(C)C. The highest BCUT2D eigenvalue weighted by molar-refractivity contribution is 6.73. The van der Waals surface area contributed by atoms with Crippen LogP contribution >= 0.6 is 0 Å². The summed E-state index contributed by atoms with van der Waals surface area (Å²) < 4.78 is 11.7. The van der Waals surface area contributed by atoms with Crippen molar-refractivity contribution in [2.75, 3.05) is 20.6 Å². The summed E-state index contributed by atoms with van der Waals surface area (Å²) in [5.74, 6) is -3.44. The van der Waals surface area contributed by atoms with Crippen LogP contribution in [-0.4, -0.2) is 126 Å². The number of aliphatic hydroxyl groups excluding tert-OH is 1. The van der Waals surface area contributed by atoms with E-state index in [2.05, 4.69) is 36.9 Å². The summed E-state index contributed by atoms with van der Waals surface area (Å²) in [4.78, 5) is 84.4. The first kappa shape index (κ1) is 48.8. The highest BCUT2D eigenvalue weighted by atomic mass is 28.4. The first-order valence-corrected chi connectivity index (χ1v) is 22.2. The zero-order valence-electron chi connectivity index (χ0n) is 35.8. The van der Waals surface area contributed by atoms with Crippen LogP contribution in [0.25, 0.3) is 0 Å². The van der Waals surface area contributed by atoms with Crippen molar-refractivity contribution in [2.24, 2.45) is 11.8 Å². The maximum absolute atomic E-state index is 14.2. The van der Waals surface area contributed by atoms with Crippen LogP contribution in [0.2, 0.25) is 18.1 Å². The lowest BCUT2D eigenvalue weighted by atomic mass is 9.94. The number of likely N-dealkylation sites (N-methyl/N-ethyl adjacent to an activating group) is 2. The fourth-order valence-corrected chi connectivity index (χ4v) is 10.1. The molecule has 0 bridgehead atoms. The second kappa shape index (κ2) is 20.6. The third-order valence-corrected chi connectivity index (χ3v) is 15.5. The van der Waals surface area contributed by atoms with Crippen LogP contribution in [0.3, 0.4) is 0 Å². The van der Waals surface area contributed by atoms with Gasteiger partial charge in [-0.05, 0) is 84.4 Å². The number of ether oxygens (including phenoxy) is 1. The van der Waals surface area contributed by atoms with E-state index in [4.69, 9.17) is 9.16 Å². The van der Waals surface area contributed by atoms with E-state index in [9.17, 15) is 33.9 Å². The lowest BCUT2D eigenvalue weighted by molar-refractivity contribution is -0.151. The summed E-state index contributed by atoms with van der Waals surface area (Å²) in [6, 6.07) is -1.13. The quantitative estimate of drug-likeness (QED) is 0.118. The Morgan fingerprint density at radius 2 is 1.43 bits per heavy atom. The van der Waals surface area contributed by atoms with Crippen molar-refractivity contribution in [3.8, 4) is 0 Å². The van der Waals surface area contributed by atoms with Gasteiger partial charge in [-0.25, -0.2) is 10.2 Å². The van der Waals surface area contributed by atoms with Gasteiger partial charge in [-0.1, -0.05) is 54.9 Å². The maximum Gasteiger partial charge on any atom is 0.426 e. The third-order valence-electron chi connectivity index (χ3n) is 10.7. The molecule has 1 aliphatic rings. The first-order valence-electron chi connectivity index (χ1n) is 19.6. The zero-order valence-corrected chi connectivity index (χ0v) is 36.8. The molecule has 1 saturated heterocycles. The van der Waals surface area contributed by atoms with Gasteiger partial charge in [0, 0.05) is 27.1 Å². The number of rotatable bonds is 18. The Bertz CT molecular complexity index is 1290. The van der Waals surface area contributed by atoms with Crippen LogP contribution in [0, 0.1) is 11.8 Å². The third kappa shape index (κ3) is 13.5. The molecule has 0 aliphatic carbocycles. The second-order valence-corrected chi connectivity index (χ2v) is 21.5. The molecule has 54 heavy (non-hydrogen) atoms. The monoisotopic (exact) mass is 785 g/mol. The van der Waals surface area contributed by atoms with Crippen LogP contribution in [0.4, 0.5) is 4.79 Å². The van der Waals surface area contributed by atoms with Crippen molar-refractivity contribution in [3.05, 3.63) is 0 Å². The number of carbonyl (C=O) groups is 6. The number of aliphatic hydroxyl groups is 1. The second-order valence-electron chi connectivity index (χ2n) is 16.8. The van der Waals surface area contributed by atoms with Crippen LogP contribution in [0.15, 0.2) is 0 Å². The molecule has 1 rings (SSSR count). The predicted molar refractivity (Wildman–Crippen MR) is 210 cm³/mol. The molecule has 0 aromatic carbocycles. The average molecular weight is 785 g/mol. The molecule has 1 heterocycles. The molecular weight excluding hydrogens is 713 g/mol. The Kier molecular flexibility index (Phi) is 18.6. The molecule has 0 spiro atoms. The van der Waals surface area contributed by atoms with Crippen molar-refractivity contribution < 1.29 is 43.0 Å². The van der Waals surface area contributed by atoms with E-state index >= 15 is 0 Å². The molecule has 6 amide bonds. The highest BCUT2D eigenvalue weighted by Crippen LogP contribution is 2.31. The summed E-state index contributed by atoms with van der Waals surface area (Å²) in [6.07, 6.45) is -0.671. The van der Waals surface area contributed by atoms with Crippen molar-refractivity contribution in [1.82, 2.24) is 30.9 Å².